The Morgan fingerprint density at radius 3 is 2.53 bits per heavy atom. The molecule has 10 heteroatoms. The molecule has 5 nitrogen and oxygen atoms in total. The van der Waals surface area contributed by atoms with Gasteiger partial charge < -0.3 is 5.11 Å². The number of phenols is 1. The van der Waals surface area contributed by atoms with Gasteiger partial charge in [-0.3, -0.25) is 9.36 Å². The van der Waals surface area contributed by atoms with Crippen LogP contribution in [-0.2, 0) is 12.7 Å². The van der Waals surface area contributed by atoms with E-state index in [0.717, 1.165) is 41.9 Å². The second-order valence-corrected chi connectivity index (χ2v) is 10.7. The summed E-state index contributed by atoms with van der Waals surface area (Å²) in [6.45, 7) is -0.0176. The number of fused-ring (bicyclic) bond motifs is 3. The zero-order valence-electron chi connectivity index (χ0n) is 19.5. The Kier molecular flexibility index (Phi) is 5.70. The van der Waals surface area contributed by atoms with Gasteiger partial charge in [0.15, 0.2) is 5.75 Å². The lowest BCUT2D eigenvalue weighted by atomic mass is 9.99. The molecule has 1 saturated carbocycles. The fourth-order valence-electron chi connectivity index (χ4n) is 4.69. The highest BCUT2D eigenvalue weighted by Gasteiger charge is 2.31. The number of phenolic OH excluding ortho intramolecular Hbond substituents is 1. The van der Waals surface area contributed by atoms with E-state index in [0.29, 0.717) is 42.8 Å². The molecule has 38 heavy (non-hydrogen) atoms. The number of thiophene rings is 1. The largest absolute Gasteiger partial charge is 0.505 e. The number of rotatable bonds is 4. The van der Waals surface area contributed by atoms with Gasteiger partial charge >= 0.3 is 6.18 Å². The number of benzene rings is 3. The van der Waals surface area contributed by atoms with Crippen molar-refractivity contribution >= 4 is 43.2 Å². The maximum absolute atomic E-state index is 14.0. The molecule has 1 fully saturated rings. The third kappa shape index (κ3) is 4.10. The summed E-state index contributed by atoms with van der Waals surface area (Å²) in [4.78, 5) is 19.3. The van der Waals surface area contributed by atoms with Gasteiger partial charge in [0, 0.05) is 10.9 Å². The minimum absolute atomic E-state index is 0.0176. The summed E-state index contributed by atoms with van der Waals surface area (Å²) in [5.74, 6) is 0.445. The van der Waals surface area contributed by atoms with Crippen molar-refractivity contribution in [3.05, 3.63) is 92.2 Å². The minimum atomic E-state index is -4.47. The van der Waals surface area contributed by atoms with Crippen molar-refractivity contribution in [1.82, 2.24) is 9.55 Å². The SMILES string of the molecule is N#Cc1ccc(-c2nc3sc4c(O)c(Cl)ccc4c3c(=O)n2Cc2ccc(C(F)(F)F)cc2)c(C2CC2)c1. The quantitative estimate of drug-likeness (QED) is 0.251. The lowest BCUT2D eigenvalue weighted by Gasteiger charge is -2.16. The predicted molar refractivity (Wildman–Crippen MR) is 141 cm³/mol. The normalized spacial score (nSPS) is 13.8. The van der Waals surface area contributed by atoms with Crippen molar-refractivity contribution in [2.24, 2.45) is 0 Å². The third-order valence-corrected chi connectivity index (χ3v) is 8.16. The standard InChI is InChI=1S/C28H17ClF3N3O2S/c29-21-10-9-19-22-26(38-24(19)23(21)36)34-25(18-8-3-15(12-33)11-20(18)16-4-5-16)35(27(22)37)13-14-1-6-17(7-2-14)28(30,31)32/h1-3,6-11,16,36H,4-5,13H2. The number of alkyl halides is 3. The lowest BCUT2D eigenvalue weighted by Crippen LogP contribution is -2.24. The Morgan fingerprint density at radius 2 is 1.87 bits per heavy atom. The first-order chi connectivity index (χ1) is 18.2. The van der Waals surface area contributed by atoms with Gasteiger partial charge in [0.2, 0.25) is 0 Å². The summed E-state index contributed by atoms with van der Waals surface area (Å²) in [5.41, 5.74) is 1.43. The molecule has 2 aromatic heterocycles. The number of nitrogens with zero attached hydrogens (tertiary/aromatic N) is 3. The first-order valence-corrected chi connectivity index (χ1v) is 12.9. The van der Waals surface area contributed by atoms with Gasteiger partial charge in [-0.25, -0.2) is 4.98 Å². The van der Waals surface area contributed by atoms with E-state index in [1.165, 1.54) is 22.8 Å². The zero-order chi connectivity index (χ0) is 26.8. The molecule has 1 aliphatic carbocycles. The highest BCUT2D eigenvalue weighted by Crippen LogP contribution is 2.45. The number of aromatic hydroxyl groups is 1. The topological polar surface area (TPSA) is 78.9 Å². The van der Waals surface area contributed by atoms with Crippen LogP contribution in [0.2, 0.25) is 5.02 Å². The Morgan fingerprint density at radius 1 is 1.13 bits per heavy atom. The van der Waals surface area contributed by atoms with Crippen LogP contribution in [0.1, 0.15) is 41.0 Å². The van der Waals surface area contributed by atoms with Crippen molar-refractivity contribution in [1.29, 1.82) is 5.26 Å². The van der Waals surface area contributed by atoms with Crippen LogP contribution in [-0.4, -0.2) is 14.7 Å². The lowest BCUT2D eigenvalue weighted by molar-refractivity contribution is -0.137. The molecule has 2 heterocycles. The second kappa shape index (κ2) is 8.86. The van der Waals surface area contributed by atoms with E-state index in [1.54, 1.807) is 18.2 Å². The number of nitriles is 1. The van der Waals surface area contributed by atoms with Crippen LogP contribution in [0.3, 0.4) is 0 Å². The van der Waals surface area contributed by atoms with Gasteiger partial charge in [0.25, 0.3) is 5.56 Å². The molecule has 0 saturated heterocycles. The van der Waals surface area contributed by atoms with Crippen LogP contribution in [0.5, 0.6) is 5.75 Å². The molecular formula is C28H17ClF3N3O2S. The molecule has 6 rings (SSSR count). The highest BCUT2D eigenvalue weighted by atomic mass is 35.5. The molecule has 0 aliphatic heterocycles. The van der Waals surface area contributed by atoms with Crippen LogP contribution in [0.15, 0.2) is 59.4 Å². The van der Waals surface area contributed by atoms with E-state index in [2.05, 4.69) is 6.07 Å². The molecule has 3 aromatic carbocycles. The molecule has 190 valence electrons. The van der Waals surface area contributed by atoms with Crippen LogP contribution in [0.4, 0.5) is 13.2 Å². The Labute approximate surface area is 223 Å². The van der Waals surface area contributed by atoms with Crippen LogP contribution in [0.25, 0.3) is 31.7 Å². The van der Waals surface area contributed by atoms with E-state index in [4.69, 9.17) is 16.6 Å². The summed E-state index contributed by atoms with van der Waals surface area (Å²) in [6, 6.07) is 15.2. The Balaban J connectivity index is 1.62. The van der Waals surface area contributed by atoms with Gasteiger partial charge in [-0.2, -0.15) is 18.4 Å². The molecule has 1 N–H and O–H groups in total. The van der Waals surface area contributed by atoms with Crippen molar-refractivity contribution in [3.8, 4) is 23.2 Å². The summed E-state index contributed by atoms with van der Waals surface area (Å²) in [5, 5.41) is 20.9. The van der Waals surface area contributed by atoms with Crippen molar-refractivity contribution in [2.75, 3.05) is 0 Å². The Bertz CT molecular complexity index is 1850. The number of hydrogen-bond donors (Lipinski definition) is 1. The average Bonchev–Trinajstić information content (AvgIpc) is 3.67. The number of aromatic nitrogens is 2. The number of halogens is 4. The van der Waals surface area contributed by atoms with Crippen molar-refractivity contribution in [2.45, 2.75) is 31.5 Å². The molecule has 0 spiro atoms. The van der Waals surface area contributed by atoms with Crippen LogP contribution < -0.4 is 5.56 Å². The monoisotopic (exact) mass is 551 g/mol. The predicted octanol–water partition coefficient (Wildman–Crippen LogP) is 7.45. The van der Waals surface area contributed by atoms with E-state index in [1.807, 2.05) is 6.07 Å². The molecule has 5 aromatic rings. The molecule has 0 atom stereocenters. The summed E-state index contributed by atoms with van der Waals surface area (Å²) in [7, 11) is 0. The van der Waals surface area contributed by atoms with Crippen molar-refractivity contribution < 1.29 is 18.3 Å². The summed E-state index contributed by atoms with van der Waals surface area (Å²) in [6.07, 6.45) is -2.58. The molecule has 0 amide bonds. The molecule has 0 bridgehead atoms. The van der Waals surface area contributed by atoms with E-state index >= 15 is 0 Å². The fraction of sp³-hybridized carbons (Fsp3) is 0.179. The first-order valence-electron chi connectivity index (χ1n) is 11.7. The molecule has 1 aliphatic rings. The van der Waals surface area contributed by atoms with Crippen LogP contribution in [0, 0.1) is 11.3 Å². The molecular weight excluding hydrogens is 535 g/mol. The first kappa shape index (κ1) is 24.5. The molecule has 0 unspecified atom stereocenters. The van der Waals surface area contributed by atoms with Gasteiger partial charge in [-0.05, 0) is 66.3 Å². The third-order valence-electron chi connectivity index (χ3n) is 6.75. The van der Waals surface area contributed by atoms with E-state index in [9.17, 15) is 28.3 Å². The highest BCUT2D eigenvalue weighted by molar-refractivity contribution is 7.25. The van der Waals surface area contributed by atoms with Crippen LogP contribution >= 0.6 is 22.9 Å². The maximum atomic E-state index is 14.0. The average molecular weight is 552 g/mol. The summed E-state index contributed by atoms with van der Waals surface area (Å²) >= 11 is 7.25. The van der Waals surface area contributed by atoms with Gasteiger partial charge in [-0.1, -0.05) is 29.8 Å². The summed E-state index contributed by atoms with van der Waals surface area (Å²) < 4.78 is 41.2. The smallest absolute Gasteiger partial charge is 0.416 e. The Hall–Kier alpha value is -3.87. The fourth-order valence-corrected chi connectivity index (χ4v) is 6.01. The van der Waals surface area contributed by atoms with E-state index in [-0.39, 0.29) is 28.8 Å². The molecule has 0 radical (unpaired) electrons. The van der Waals surface area contributed by atoms with Gasteiger partial charge in [0.05, 0.1) is 38.8 Å². The van der Waals surface area contributed by atoms with Gasteiger partial charge in [0.1, 0.15) is 10.7 Å². The number of hydrogen-bond acceptors (Lipinski definition) is 5. The second-order valence-electron chi connectivity index (χ2n) is 9.26. The zero-order valence-corrected chi connectivity index (χ0v) is 21.1. The maximum Gasteiger partial charge on any atom is 0.416 e. The van der Waals surface area contributed by atoms with Gasteiger partial charge in [-0.15, -0.1) is 11.3 Å². The minimum Gasteiger partial charge on any atom is -0.505 e. The van der Waals surface area contributed by atoms with Crippen molar-refractivity contribution in [3.63, 3.8) is 0 Å². The van der Waals surface area contributed by atoms with E-state index < -0.39 is 11.7 Å².